The van der Waals surface area contributed by atoms with Crippen molar-refractivity contribution in [2.24, 2.45) is 16.8 Å². The van der Waals surface area contributed by atoms with E-state index in [0.717, 1.165) is 37.4 Å². The number of aliphatic imine (C=N–C) groups is 1. The second kappa shape index (κ2) is 12.5. The highest BCUT2D eigenvalue weighted by molar-refractivity contribution is 14.0. The van der Waals surface area contributed by atoms with Crippen LogP contribution in [0.5, 0.6) is 0 Å². The molecule has 1 saturated heterocycles. The maximum absolute atomic E-state index is 5.07. The van der Waals surface area contributed by atoms with E-state index in [4.69, 9.17) is 4.74 Å². The first-order valence-corrected chi connectivity index (χ1v) is 9.35. The molecule has 26 heavy (non-hydrogen) atoms. The van der Waals surface area contributed by atoms with Gasteiger partial charge in [-0.25, -0.2) is 0 Å². The second-order valence-electron chi connectivity index (χ2n) is 7.25. The molecule has 0 spiro atoms. The summed E-state index contributed by atoms with van der Waals surface area (Å²) in [6, 6.07) is 8.72. The van der Waals surface area contributed by atoms with Crippen LogP contribution in [0.3, 0.4) is 0 Å². The van der Waals surface area contributed by atoms with Gasteiger partial charge in [0.15, 0.2) is 5.96 Å². The summed E-state index contributed by atoms with van der Waals surface area (Å²) < 4.78 is 5.07. The zero-order valence-electron chi connectivity index (χ0n) is 16.6. The number of methoxy groups -OCH3 is 1. The van der Waals surface area contributed by atoms with E-state index in [2.05, 4.69) is 58.6 Å². The van der Waals surface area contributed by atoms with E-state index in [1.807, 2.05) is 0 Å². The smallest absolute Gasteiger partial charge is 0.191 e. The number of halogens is 1. The molecule has 0 bridgehead atoms. The van der Waals surface area contributed by atoms with Crippen LogP contribution in [-0.2, 0) is 17.8 Å². The van der Waals surface area contributed by atoms with Gasteiger partial charge in [0.1, 0.15) is 0 Å². The van der Waals surface area contributed by atoms with Crippen LogP contribution in [0.2, 0.25) is 0 Å². The zero-order chi connectivity index (χ0) is 18.1. The average molecular weight is 474 g/mol. The molecular weight excluding hydrogens is 439 g/mol. The lowest BCUT2D eigenvalue weighted by Crippen LogP contribution is -2.39. The van der Waals surface area contributed by atoms with Gasteiger partial charge >= 0.3 is 0 Å². The number of hydrogen-bond donors (Lipinski definition) is 2. The standard InChI is InChI=1S/C20H34N4O.HI/c1-16-11-17(2)14-24(13-16)15-19-8-6-5-7-18(19)12-23-20(21-3)22-9-10-25-4;/h5-8,16-17H,9-15H2,1-4H3,(H2,21,22,23);1H. The molecule has 1 aromatic carbocycles. The predicted molar refractivity (Wildman–Crippen MR) is 120 cm³/mol. The highest BCUT2D eigenvalue weighted by atomic mass is 127. The molecule has 0 saturated carbocycles. The van der Waals surface area contributed by atoms with Gasteiger partial charge in [0.05, 0.1) is 6.61 Å². The van der Waals surface area contributed by atoms with E-state index in [9.17, 15) is 0 Å². The fraction of sp³-hybridized carbons (Fsp3) is 0.650. The fourth-order valence-electron chi connectivity index (χ4n) is 3.72. The molecule has 1 heterocycles. The van der Waals surface area contributed by atoms with Crippen LogP contribution in [0.1, 0.15) is 31.4 Å². The molecule has 2 N–H and O–H groups in total. The van der Waals surface area contributed by atoms with Crippen molar-refractivity contribution in [1.82, 2.24) is 15.5 Å². The number of benzene rings is 1. The van der Waals surface area contributed by atoms with Gasteiger partial charge in [0.2, 0.25) is 0 Å². The average Bonchev–Trinajstić information content (AvgIpc) is 2.58. The summed E-state index contributed by atoms with van der Waals surface area (Å²) >= 11 is 0. The van der Waals surface area contributed by atoms with Crippen LogP contribution in [-0.4, -0.2) is 51.3 Å². The molecule has 5 nitrogen and oxygen atoms in total. The number of nitrogens with zero attached hydrogens (tertiary/aromatic N) is 2. The molecule has 0 radical (unpaired) electrons. The molecule has 2 unspecified atom stereocenters. The summed E-state index contributed by atoms with van der Waals surface area (Å²) in [5.41, 5.74) is 2.74. The predicted octanol–water partition coefficient (Wildman–Crippen LogP) is 3.09. The monoisotopic (exact) mass is 474 g/mol. The van der Waals surface area contributed by atoms with E-state index in [-0.39, 0.29) is 24.0 Å². The summed E-state index contributed by atoms with van der Waals surface area (Å²) in [7, 11) is 3.50. The van der Waals surface area contributed by atoms with Crippen molar-refractivity contribution in [2.45, 2.75) is 33.4 Å². The highest BCUT2D eigenvalue weighted by Crippen LogP contribution is 2.23. The molecule has 2 rings (SSSR count). The van der Waals surface area contributed by atoms with Gasteiger partial charge in [0, 0.05) is 46.9 Å². The van der Waals surface area contributed by atoms with Gasteiger partial charge in [-0.2, -0.15) is 0 Å². The van der Waals surface area contributed by atoms with Crippen molar-refractivity contribution in [3.05, 3.63) is 35.4 Å². The van der Waals surface area contributed by atoms with Gasteiger partial charge in [-0.1, -0.05) is 38.1 Å². The Hall–Kier alpha value is -0.860. The van der Waals surface area contributed by atoms with Crippen molar-refractivity contribution in [2.75, 3.05) is 40.4 Å². The first-order chi connectivity index (χ1) is 12.1. The molecule has 148 valence electrons. The van der Waals surface area contributed by atoms with Crippen molar-refractivity contribution >= 4 is 29.9 Å². The van der Waals surface area contributed by atoms with Crippen molar-refractivity contribution in [3.63, 3.8) is 0 Å². The topological polar surface area (TPSA) is 48.9 Å². The Labute approximate surface area is 176 Å². The van der Waals surface area contributed by atoms with E-state index >= 15 is 0 Å². The number of likely N-dealkylation sites (tertiary alicyclic amines) is 1. The lowest BCUT2D eigenvalue weighted by molar-refractivity contribution is 0.134. The SMILES string of the molecule is CN=C(NCCOC)NCc1ccccc1CN1CC(C)CC(C)C1.I. The molecular formula is C20H35IN4O. The normalized spacial score (nSPS) is 21.2. The maximum atomic E-state index is 5.07. The minimum absolute atomic E-state index is 0. The van der Waals surface area contributed by atoms with Gasteiger partial charge in [-0.15, -0.1) is 24.0 Å². The van der Waals surface area contributed by atoms with Crippen LogP contribution in [0, 0.1) is 11.8 Å². The highest BCUT2D eigenvalue weighted by Gasteiger charge is 2.22. The molecule has 2 atom stereocenters. The van der Waals surface area contributed by atoms with Crippen LogP contribution >= 0.6 is 24.0 Å². The summed E-state index contributed by atoms with van der Waals surface area (Å²) in [5.74, 6) is 2.39. The first-order valence-electron chi connectivity index (χ1n) is 9.35. The quantitative estimate of drug-likeness (QED) is 0.276. The van der Waals surface area contributed by atoms with E-state index in [0.29, 0.717) is 6.61 Å². The third-order valence-corrected chi connectivity index (χ3v) is 4.73. The Bertz CT molecular complexity index is 542. The van der Waals surface area contributed by atoms with Crippen LogP contribution in [0.15, 0.2) is 29.3 Å². The Balaban J connectivity index is 0.00000338. The number of piperidine rings is 1. The van der Waals surface area contributed by atoms with E-state index in [1.54, 1.807) is 14.2 Å². The minimum atomic E-state index is 0. The molecule has 1 aliphatic heterocycles. The zero-order valence-corrected chi connectivity index (χ0v) is 19.0. The number of rotatable bonds is 7. The first kappa shape index (κ1) is 23.2. The number of guanidine groups is 1. The summed E-state index contributed by atoms with van der Waals surface area (Å²) in [4.78, 5) is 6.87. The van der Waals surface area contributed by atoms with Gasteiger partial charge in [-0.3, -0.25) is 9.89 Å². The van der Waals surface area contributed by atoms with Crippen LogP contribution in [0.4, 0.5) is 0 Å². The van der Waals surface area contributed by atoms with Crippen molar-refractivity contribution in [3.8, 4) is 0 Å². The number of hydrogen-bond acceptors (Lipinski definition) is 3. The Kier molecular flexibility index (Phi) is 11.2. The Morgan fingerprint density at radius 2 is 1.81 bits per heavy atom. The number of nitrogens with one attached hydrogen (secondary N) is 2. The van der Waals surface area contributed by atoms with Crippen LogP contribution in [0.25, 0.3) is 0 Å². The maximum Gasteiger partial charge on any atom is 0.191 e. The minimum Gasteiger partial charge on any atom is -0.383 e. The molecule has 0 aliphatic carbocycles. The second-order valence-corrected chi connectivity index (χ2v) is 7.25. The Morgan fingerprint density at radius 3 is 2.42 bits per heavy atom. The molecule has 1 aromatic rings. The summed E-state index contributed by atoms with van der Waals surface area (Å²) in [5, 5.41) is 6.66. The molecule has 1 aliphatic rings. The molecule has 0 amide bonds. The lowest BCUT2D eigenvalue weighted by Gasteiger charge is -2.35. The molecule has 1 fully saturated rings. The molecule has 0 aromatic heterocycles. The lowest BCUT2D eigenvalue weighted by atomic mass is 9.91. The van der Waals surface area contributed by atoms with Gasteiger partial charge in [0.25, 0.3) is 0 Å². The largest absolute Gasteiger partial charge is 0.383 e. The Morgan fingerprint density at radius 1 is 1.15 bits per heavy atom. The summed E-state index contributed by atoms with van der Waals surface area (Å²) in [6.07, 6.45) is 1.35. The summed E-state index contributed by atoms with van der Waals surface area (Å²) in [6.45, 7) is 10.4. The van der Waals surface area contributed by atoms with E-state index in [1.165, 1.54) is 30.6 Å². The number of ether oxygens (including phenoxy) is 1. The van der Waals surface area contributed by atoms with Gasteiger partial charge in [-0.05, 0) is 29.4 Å². The van der Waals surface area contributed by atoms with Crippen LogP contribution < -0.4 is 10.6 Å². The fourth-order valence-corrected chi connectivity index (χ4v) is 3.72. The van der Waals surface area contributed by atoms with Gasteiger partial charge < -0.3 is 15.4 Å². The van der Waals surface area contributed by atoms with Crippen molar-refractivity contribution < 1.29 is 4.74 Å². The third-order valence-electron chi connectivity index (χ3n) is 4.73. The van der Waals surface area contributed by atoms with Crippen molar-refractivity contribution in [1.29, 1.82) is 0 Å². The third kappa shape index (κ3) is 7.80. The molecule has 6 heteroatoms. The van der Waals surface area contributed by atoms with E-state index < -0.39 is 0 Å².